The van der Waals surface area contributed by atoms with E-state index >= 15 is 24.0 Å². The summed E-state index contributed by atoms with van der Waals surface area (Å²) in [6.45, 7) is 10.3. The lowest BCUT2D eigenvalue weighted by molar-refractivity contribution is -0.282. The molecule has 2 bridgehead atoms. The van der Waals surface area contributed by atoms with E-state index in [1.807, 2.05) is 0 Å². The molecular weight excluding hydrogens is 1510 g/mol. The van der Waals surface area contributed by atoms with Crippen LogP contribution in [0.4, 0.5) is 0 Å². The van der Waals surface area contributed by atoms with Crippen molar-refractivity contribution in [3.05, 3.63) is 76.3 Å². The van der Waals surface area contributed by atoms with Crippen LogP contribution in [0.25, 0.3) is 11.1 Å². The Morgan fingerprint density at radius 2 is 0.491 bits per heavy atom. The number of benzene rings is 5. The molecule has 5 atom stereocenters. The van der Waals surface area contributed by atoms with Gasteiger partial charge in [-0.1, -0.05) is 0 Å². The average molecular weight is 1570 g/mol. The van der Waals surface area contributed by atoms with Gasteiger partial charge in [-0.25, -0.2) is 24.0 Å². The number of rotatable bonds is 21. The third kappa shape index (κ3) is 21.6. The van der Waals surface area contributed by atoms with Gasteiger partial charge in [0.1, 0.15) is 12.7 Å². The molecule has 0 amide bonds. The molecule has 0 N–H and O–H groups in total. The molecule has 1 fully saturated rings. The highest BCUT2D eigenvalue weighted by Crippen LogP contribution is 2.56. The zero-order valence-corrected chi connectivity index (χ0v) is 61.0. The SMILES string of the molecule is CC(=O)Oc1cc(C(=O)O[C@@H]2[C@@H](OC(=O)c3cc(OC(C)=O)c(OC(C)=O)c(OC(C)=O)c3)[C@@H]3OC(=O)c4cc(OC(C)=O)c(OC(C)=O)c(OC(C)=O)c4-c4c(cc(OC(C)=O)c(OC(C)=O)c4OC(C)=O)C(=O)OC[C@@H](O3)[C@H]2OC(=O)c2cc(OC(C)=O)c(OC(C)=O)c(OC(C)=O)c2)cc(OC(C)=O)c1OC(C)=O. The summed E-state index contributed by atoms with van der Waals surface area (Å²) >= 11 is 0. The van der Waals surface area contributed by atoms with Crippen LogP contribution in [0.5, 0.6) is 86.2 Å². The summed E-state index contributed by atoms with van der Waals surface area (Å²) in [5.74, 6) is -43.2. The summed E-state index contributed by atoms with van der Waals surface area (Å²) in [6, 6.07) is 4.65. The first-order chi connectivity index (χ1) is 52.4. The first-order valence-electron chi connectivity index (χ1n) is 31.8. The lowest BCUT2D eigenvalue weighted by Gasteiger charge is -2.44. The van der Waals surface area contributed by atoms with Crippen molar-refractivity contribution in [3.63, 3.8) is 0 Å². The van der Waals surface area contributed by atoms with Crippen molar-refractivity contribution < 1.29 is 195 Å². The highest BCUT2D eigenvalue weighted by atomic mass is 16.8. The van der Waals surface area contributed by atoms with Crippen LogP contribution in [0.3, 0.4) is 0 Å². The Labute approximate surface area is 627 Å². The molecule has 41 nitrogen and oxygen atoms in total. The standard InChI is InChI=1S/C71H60O41/c1-25(72)93-45-16-40(17-46(94-26(2)73)56(45)101-33(9)80)66(87)109-61-53-24-92-69(90)43-22-51(99-31(7)78)59(104-36(12)83)62(106-38(14)85)54(43)55-44(23-52(100-32(8)79)60(105-37(13)84)63(55)107-39(15)86)70(91)112-71(108-53)65(111-68(89)42-20-49(97-29(5)76)58(103-35(11)82)50(21-42)98-30(6)77)64(61)110-67(88)41-18-47(95-27(3)74)57(102-34(10)81)48(19-41)96-28(4)75/h16-23,53,61,64-65,71H,24H2,1-15H3/t53-,61-,64+,65-,71+/m1/s1. The predicted octanol–water partition coefficient (Wildman–Crippen LogP) is 4.96. The van der Waals surface area contributed by atoms with Crippen molar-refractivity contribution in [2.24, 2.45) is 0 Å². The molecule has 7 rings (SSSR count). The van der Waals surface area contributed by atoms with E-state index in [9.17, 15) is 71.9 Å². The largest absolute Gasteiger partial charge is 0.459 e. The fourth-order valence-corrected chi connectivity index (χ4v) is 10.2. The Hall–Kier alpha value is -14.5. The molecule has 2 heterocycles. The van der Waals surface area contributed by atoms with E-state index in [4.69, 9.17) is 99.5 Å². The number of esters is 20. The first kappa shape index (κ1) is 84.7. The molecule has 0 aromatic heterocycles. The fourth-order valence-electron chi connectivity index (χ4n) is 10.2. The quantitative estimate of drug-likeness (QED) is 0.0532. The van der Waals surface area contributed by atoms with E-state index in [1.165, 1.54) is 0 Å². The van der Waals surface area contributed by atoms with E-state index in [1.54, 1.807) is 0 Å². The minimum Gasteiger partial charge on any atom is -0.459 e. The van der Waals surface area contributed by atoms with E-state index in [0.717, 1.165) is 90.0 Å². The molecule has 0 spiro atoms. The molecule has 0 radical (unpaired) electrons. The van der Waals surface area contributed by atoms with Crippen molar-refractivity contribution in [1.29, 1.82) is 0 Å². The maximum absolute atomic E-state index is 16.2. The Morgan fingerprint density at radius 3 is 0.759 bits per heavy atom. The number of fused-ring (bicyclic) bond motifs is 5. The second-order valence-electron chi connectivity index (χ2n) is 22.9. The van der Waals surface area contributed by atoms with Crippen LogP contribution in [0.2, 0.25) is 0 Å². The van der Waals surface area contributed by atoms with Crippen molar-refractivity contribution in [1.82, 2.24) is 0 Å². The summed E-state index contributed by atoms with van der Waals surface area (Å²) in [5.41, 5.74) is -7.73. The third-order valence-electron chi connectivity index (χ3n) is 13.5. The Bertz CT molecular complexity index is 4780. The van der Waals surface area contributed by atoms with Gasteiger partial charge in [0.05, 0.1) is 27.8 Å². The smallest absolute Gasteiger partial charge is 0.341 e. The van der Waals surface area contributed by atoms with Gasteiger partial charge in [-0.2, -0.15) is 0 Å². The van der Waals surface area contributed by atoms with Gasteiger partial charge in [-0.15, -0.1) is 0 Å². The van der Waals surface area contributed by atoms with Crippen molar-refractivity contribution in [3.8, 4) is 97.4 Å². The highest BCUT2D eigenvalue weighted by Gasteiger charge is 2.56. The van der Waals surface area contributed by atoms with Gasteiger partial charge in [0.25, 0.3) is 0 Å². The van der Waals surface area contributed by atoms with E-state index in [0.29, 0.717) is 62.4 Å². The van der Waals surface area contributed by atoms with E-state index < -0.39 is 282 Å². The van der Waals surface area contributed by atoms with Crippen LogP contribution in [-0.4, -0.2) is 157 Å². The number of carbonyl (C=O) groups excluding carboxylic acids is 20. The Kier molecular flexibility index (Phi) is 27.2. The Balaban J connectivity index is 1.72. The number of carbonyl (C=O) groups is 20. The number of cyclic esters (lactones) is 1. The number of ether oxygens (including phenoxy) is 21. The van der Waals surface area contributed by atoms with Crippen LogP contribution in [0.15, 0.2) is 48.5 Å². The van der Waals surface area contributed by atoms with Gasteiger partial charge >= 0.3 is 119 Å². The van der Waals surface area contributed by atoms with Gasteiger partial charge in [0, 0.05) is 127 Å². The van der Waals surface area contributed by atoms with Gasteiger partial charge < -0.3 is 99.5 Å². The predicted molar refractivity (Wildman–Crippen MR) is 353 cm³/mol. The van der Waals surface area contributed by atoms with E-state index in [2.05, 4.69) is 0 Å². The van der Waals surface area contributed by atoms with Crippen LogP contribution >= 0.6 is 0 Å². The second kappa shape index (κ2) is 35.9. The topological polar surface area (TPSA) is 535 Å². The lowest BCUT2D eigenvalue weighted by atomic mass is 9.91. The van der Waals surface area contributed by atoms with E-state index in [-0.39, 0.29) is 0 Å². The second-order valence-corrected chi connectivity index (χ2v) is 22.9. The average Bonchev–Trinajstić information content (AvgIpc) is 0.729. The molecule has 1 saturated heterocycles. The lowest BCUT2D eigenvalue weighted by Crippen LogP contribution is -2.63. The van der Waals surface area contributed by atoms with Gasteiger partial charge in [0.2, 0.25) is 41.1 Å². The first-order valence-corrected chi connectivity index (χ1v) is 31.8. The molecule has 41 heteroatoms. The summed E-state index contributed by atoms with van der Waals surface area (Å²) in [4.78, 5) is 271. The molecule has 2 aliphatic heterocycles. The number of hydrogen-bond acceptors (Lipinski definition) is 41. The zero-order chi connectivity index (χ0) is 83.3. The maximum atomic E-state index is 16.2. The molecule has 0 saturated carbocycles. The summed E-state index contributed by atoms with van der Waals surface area (Å²) < 4.78 is 116. The third-order valence-corrected chi connectivity index (χ3v) is 13.5. The molecule has 2 aliphatic rings. The molecule has 112 heavy (non-hydrogen) atoms. The maximum Gasteiger partial charge on any atom is 0.341 e. The van der Waals surface area contributed by atoms with Crippen molar-refractivity contribution in [2.75, 3.05) is 6.61 Å². The highest BCUT2D eigenvalue weighted by molar-refractivity contribution is 6.10. The minimum absolute atomic E-state index is 0.456. The Morgan fingerprint density at radius 1 is 0.268 bits per heavy atom. The fraction of sp³-hybridized carbons (Fsp3) is 0.296. The summed E-state index contributed by atoms with van der Waals surface area (Å²) in [5, 5.41) is 0. The van der Waals surface area contributed by atoms with Gasteiger partial charge in [-0.3, -0.25) is 71.9 Å². The summed E-state index contributed by atoms with van der Waals surface area (Å²) in [6.07, 6.45) is -14.2. The monoisotopic (exact) mass is 1570 g/mol. The molecular formula is C71H60O41. The van der Waals surface area contributed by atoms with Crippen LogP contribution in [0, 0.1) is 0 Å². The van der Waals surface area contributed by atoms with Crippen LogP contribution in [0.1, 0.15) is 156 Å². The van der Waals surface area contributed by atoms with Crippen molar-refractivity contribution in [2.45, 2.75) is 135 Å². The van der Waals surface area contributed by atoms with Gasteiger partial charge in [-0.05, 0) is 36.4 Å². The molecule has 5 aromatic carbocycles. The number of hydrogen-bond donors (Lipinski definition) is 0. The molecule has 0 aliphatic carbocycles. The minimum atomic E-state index is -2.98. The normalized spacial score (nSPS) is 15.2. The zero-order valence-electron chi connectivity index (χ0n) is 61.0. The van der Waals surface area contributed by atoms with Crippen LogP contribution in [-0.2, 0) is 100 Å². The summed E-state index contributed by atoms with van der Waals surface area (Å²) in [7, 11) is 0. The molecule has 590 valence electrons. The molecule has 0 unspecified atom stereocenters. The van der Waals surface area contributed by atoms with Crippen LogP contribution < -0.4 is 71.1 Å². The van der Waals surface area contributed by atoms with Crippen molar-refractivity contribution >= 4 is 119 Å². The van der Waals surface area contributed by atoms with Gasteiger partial charge in [0.15, 0.2) is 69.7 Å². The molecule has 5 aromatic rings.